The summed E-state index contributed by atoms with van der Waals surface area (Å²) in [7, 11) is 0. The van der Waals surface area contributed by atoms with E-state index in [4.69, 9.17) is 0 Å². The van der Waals surface area contributed by atoms with Gasteiger partial charge in [-0.3, -0.25) is 9.48 Å². The van der Waals surface area contributed by atoms with Crippen LogP contribution in [0.3, 0.4) is 0 Å². The van der Waals surface area contributed by atoms with Crippen LogP contribution < -0.4 is 5.32 Å². The predicted molar refractivity (Wildman–Crippen MR) is 82.8 cm³/mol. The Kier molecular flexibility index (Phi) is 5.12. The van der Waals surface area contributed by atoms with E-state index in [1.807, 2.05) is 24.6 Å². The van der Waals surface area contributed by atoms with Crippen LogP contribution in [0.15, 0.2) is 28.7 Å². The molecule has 0 unspecified atom stereocenters. The van der Waals surface area contributed by atoms with Gasteiger partial charge in [-0.05, 0) is 60.5 Å². The van der Waals surface area contributed by atoms with Crippen LogP contribution in [0.2, 0.25) is 0 Å². The topological polar surface area (TPSA) is 46.9 Å². The number of carbonyl (C=O) groups excluding carboxylic acids is 1. The first-order chi connectivity index (χ1) is 9.97. The first kappa shape index (κ1) is 15.7. The zero-order valence-corrected chi connectivity index (χ0v) is 13.6. The molecule has 4 nitrogen and oxygen atoms in total. The van der Waals surface area contributed by atoms with Crippen molar-refractivity contribution in [2.24, 2.45) is 0 Å². The third-order valence-corrected chi connectivity index (χ3v) is 3.80. The van der Waals surface area contributed by atoms with E-state index in [0.717, 1.165) is 24.4 Å². The minimum Gasteiger partial charge on any atom is -0.352 e. The lowest BCUT2D eigenvalue weighted by molar-refractivity contribution is 0.0951. The van der Waals surface area contributed by atoms with E-state index in [1.54, 1.807) is 0 Å². The van der Waals surface area contributed by atoms with E-state index < -0.39 is 5.82 Å². The standard InChI is InChI=1S/C15H17BrFN3O/c1-10-8-11(2)20(19-10)7-3-6-18-15(21)13-9-12(17)4-5-14(13)16/h4-5,8-9H,3,6-7H2,1-2H3,(H,18,21). The molecule has 0 bridgehead atoms. The van der Waals surface area contributed by atoms with Crippen LogP contribution in [0.25, 0.3) is 0 Å². The van der Waals surface area contributed by atoms with Crippen LogP contribution >= 0.6 is 15.9 Å². The second kappa shape index (κ2) is 6.85. The summed E-state index contributed by atoms with van der Waals surface area (Å²) in [5.41, 5.74) is 2.40. The number of hydrogen-bond acceptors (Lipinski definition) is 2. The summed E-state index contributed by atoms with van der Waals surface area (Å²) in [5.74, 6) is -0.708. The molecule has 21 heavy (non-hydrogen) atoms. The van der Waals surface area contributed by atoms with Crippen LogP contribution in [0.5, 0.6) is 0 Å². The smallest absolute Gasteiger partial charge is 0.252 e. The first-order valence-electron chi connectivity index (χ1n) is 6.71. The highest BCUT2D eigenvalue weighted by Gasteiger charge is 2.10. The number of nitrogens with one attached hydrogen (secondary N) is 1. The average molecular weight is 354 g/mol. The van der Waals surface area contributed by atoms with Crippen molar-refractivity contribution in [2.45, 2.75) is 26.8 Å². The maximum atomic E-state index is 13.2. The monoisotopic (exact) mass is 353 g/mol. The van der Waals surface area contributed by atoms with E-state index in [9.17, 15) is 9.18 Å². The SMILES string of the molecule is Cc1cc(C)n(CCCNC(=O)c2cc(F)ccc2Br)n1. The zero-order valence-electron chi connectivity index (χ0n) is 12.0. The van der Waals surface area contributed by atoms with Crippen molar-refractivity contribution in [3.63, 3.8) is 0 Å². The summed E-state index contributed by atoms with van der Waals surface area (Å²) in [6.45, 7) is 5.21. The number of benzene rings is 1. The Morgan fingerprint density at radius 3 is 2.81 bits per heavy atom. The van der Waals surface area contributed by atoms with Crippen molar-refractivity contribution >= 4 is 21.8 Å². The van der Waals surface area contributed by atoms with Gasteiger partial charge in [-0.15, -0.1) is 0 Å². The largest absolute Gasteiger partial charge is 0.352 e. The third kappa shape index (κ3) is 4.14. The molecule has 112 valence electrons. The molecule has 0 atom stereocenters. The summed E-state index contributed by atoms with van der Waals surface area (Å²) in [4.78, 5) is 12.0. The second-order valence-electron chi connectivity index (χ2n) is 4.88. The molecule has 0 radical (unpaired) electrons. The molecular weight excluding hydrogens is 337 g/mol. The van der Waals surface area contributed by atoms with Crippen LogP contribution in [-0.2, 0) is 6.54 Å². The van der Waals surface area contributed by atoms with Gasteiger partial charge in [-0.25, -0.2) is 4.39 Å². The molecule has 1 heterocycles. The normalized spacial score (nSPS) is 10.7. The molecule has 0 aliphatic carbocycles. The molecule has 0 spiro atoms. The van der Waals surface area contributed by atoms with Crippen LogP contribution in [0.4, 0.5) is 4.39 Å². The number of nitrogens with zero attached hydrogens (tertiary/aromatic N) is 2. The number of aryl methyl sites for hydroxylation is 3. The maximum absolute atomic E-state index is 13.2. The number of amides is 1. The van der Waals surface area contributed by atoms with Crippen molar-refractivity contribution in [3.05, 3.63) is 51.5 Å². The lowest BCUT2D eigenvalue weighted by Gasteiger charge is -2.08. The molecule has 0 aliphatic rings. The van der Waals surface area contributed by atoms with E-state index >= 15 is 0 Å². The number of rotatable bonds is 5. The van der Waals surface area contributed by atoms with Gasteiger partial charge < -0.3 is 5.32 Å². The summed E-state index contributed by atoms with van der Waals surface area (Å²) in [6.07, 6.45) is 0.765. The van der Waals surface area contributed by atoms with E-state index in [-0.39, 0.29) is 5.91 Å². The van der Waals surface area contributed by atoms with Crippen molar-refractivity contribution < 1.29 is 9.18 Å². The Balaban J connectivity index is 1.84. The Morgan fingerprint density at radius 1 is 1.38 bits per heavy atom. The molecule has 0 fully saturated rings. The fourth-order valence-corrected chi connectivity index (χ4v) is 2.53. The molecule has 1 N–H and O–H groups in total. The molecule has 0 aliphatic heterocycles. The zero-order chi connectivity index (χ0) is 15.4. The Labute approximate surface area is 131 Å². The first-order valence-corrected chi connectivity index (χ1v) is 7.51. The molecule has 2 rings (SSSR count). The van der Waals surface area contributed by atoms with E-state index in [2.05, 4.69) is 26.3 Å². The van der Waals surface area contributed by atoms with Gasteiger partial charge in [0.2, 0.25) is 0 Å². The van der Waals surface area contributed by atoms with Crippen LogP contribution in [-0.4, -0.2) is 22.2 Å². The summed E-state index contributed by atoms with van der Waals surface area (Å²) in [5, 5.41) is 7.14. The van der Waals surface area contributed by atoms with Crippen LogP contribution in [0.1, 0.15) is 28.2 Å². The predicted octanol–water partition coefficient (Wildman–Crippen LogP) is 3.22. The Hall–Kier alpha value is -1.69. The molecule has 0 saturated carbocycles. The molecule has 1 aromatic heterocycles. The fraction of sp³-hybridized carbons (Fsp3) is 0.333. The lowest BCUT2D eigenvalue weighted by Crippen LogP contribution is -2.26. The fourth-order valence-electron chi connectivity index (χ4n) is 2.10. The molecule has 1 amide bonds. The van der Waals surface area contributed by atoms with Gasteiger partial charge in [0.05, 0.1) is 11.3 Å². The van der Waals surface area contributed by atoms with Crippen molar-refractivity contribution in [1.29, 1.82) is 0 Å². The summed E-state index contributed by atoms with van der Waals surface area (Å²) >= 11 is 3.25. The van der Waals surface area contributed by atoms with Gasteiger partial charge >= 0.3 is 0 Å². The Morgan fingerprint density at radius 2 is 2.14 bits per heavy atom. The number of carbonyl (C=O) groups is 1. The molecular formula is C15H17BrFN3O. The third-order valence-electron chi connectivity index (χ3n) is 3.11. The average Bonchev–Trinajstić information content (AvgIpc) is 2.75. The number of halogens is 2. The van der Waals surface area contributed by atoms with Gasteiger partial charge in [-0.1, -0.05) is 0 Å². The van der Waals surface area contributed by atoms with Crippen molar-refractivity contribution in [1.82, 2.24) is 15.1 Å². The van der Waals surface area contributed by atoms with Gasteiger partial charge in [0.15, 0.2) is 0 Å². The highest BCUT2D eigenvalue weighted by atomic mass is 79.9. The van der Waals surface area contributed by atoms with Crippen molar-refractivity contribution in [3.8, 4) is 0 Å². The van der Waals surface area contributed by atoms with Crippen LogP contribution in [0, 0.1) is 19.7 Å². The molecule has 2 aromatic rings. The second-order valence-corrected chi connectivity index (χ2v) is 5.74. The van der Waals surface area contributed by atoms with Gasteiger partial charge in [0, 0.05) is 23.3 Å². The van der Waals surface area contributed by atoms with E-state index in [1.165, 1.54) is 18.2 Å². The minimum atomic E-state index is -0.425. The molecule has 0 saturated heterocycles. The van der Waals surface area contributed by atoms with Gasteiger partial charge in [0.1, 0.15) is 5.82 Å². The number of hydrogen-bond donors (Lipinski definition) is 1. The van der Waals surface area contributed by atoms with E-state index in [0.29, 0.717) is 16.6 Å². The summed E-state index contributed by atoms with van der Waals surface area (Å²) in [6, 6.07) is 6.08. The van der Waals surface area contributed by atoms with Crippen molar-refractivity contribution in [2.75, 3.05) is 6.54 Å². The highest BCUT2D eigenvalue weighted by Crippen LogP contribution is 2.17. The Bertz CT molecular complexity index is 654. The minimum absolute atomic E-state index is 0.283. The lowest BCUT2D eigenvalue weighted by atomic mass is 10.2. The number of aromatic nitrogens is 2. The quantitative estimate of drug-likeness (QED) is 0.838. The molecule has 1 aromatic carbocycles. The highest BCUT2D eigenvalue weighted by molar-refractivity contribution is 9.10. The maximum Gasteiger partial charge on any atom is 0.252 e. The molecule has 6 heteroatoms. The summed E-state index contributed by atoms with van der Waals surface area (Å²) < 4.78 is 15.7. The van der Waals surface area contributed by atoms with Gasteiger partial charge in [0.25, 0.3) is 5.91 Å². The van der Waals surface area contributed by atoms with Gasteiger partial charge in [-0.2, -0.15) is 5.10 Å².